The van der Waals surface area contributed by atoms with Crippen LogP contribution >= 0.6 is 27.3 Å². The van der Waals surface area contributed by atoms with Crippen molar-refractivity contribution in [2.75, 3.05) is 17.3 Å². The molecule has 0 radical (unpaired) electrons. The van der Waals surface area contributed by atoms with Gasteiger partial charge in [0.15, 0.2) is 6.61 Å². The minimum absolute atomic E-state index is 0.101. The second kappa shape index (κ2) is 9.29. The van der Waals surface area contributed by atoms with Crippen LogP contribution in [0.3, 0.4) is 0 Å². The van der Waals surface area contributed by atoms with Gasteiger partial charge in [-0.3, -0.25) is 10.2 Å². The number of hydrogen-bond donors (Lipinski definition) is 2. The summed E-state index contributed by atoms with van der Waals surface area (Å²) >= 11 is 4.91. The Morgan fingerprint density at radius 3 is 2.85 bits per heavy atom. The molecular weight excluding hydrogens is 428 g/mol. The summed E-state index contributed by atoms with van der Waals surface area (Å²) in [6, 6.07) is 14.7. The average molecular weight is 445 g/mol. The van der Waals surface area contributed by atoms with Gasteiger partial charge in [0.25, 0.3) is 5.91 Å². The fraction of sp³-hybridized carbons (Fsp3) is 0.105. The molecule has 0 fully saturated rings. The second-order valence-corrected chi connectivity index (χ2v) is 7.32. The van der Waals surface area contributed by atoms with Gasteiger partial charge in [0.05, 0.1) is 11.9 Å². The lowest BCUT2D eigenvalue weighted by atomic mass is 10.2. The van der Waals surface area contributed by atoms with E-state index in [2.05, 4.69) is 36.8 Å². The number of para-hydroxylation sites is 1. The highest BCUT2D eigenvalue weighted by atomic mass is 79.9. The lowest BCUT2D eigenvalue weighted by Gasteiger charge is -2.10. The van der Waals surface area contributed by atoms with Gasteiger partial charge in [-0.25, -0.2) is 4.98 Å². The molecule has 3 aromatic rings. The van der Waals surface area contributed by atoms with Crippen LogP contribution in [0.25, 0.3) is 0 Å². The van der Waals surface area contributed by atoms with Crippen LogP contribution in [-0.2, 0) is 4.79 Å². The van der Waals surface area contributed by atoms with Crippen molar-refractivity contribution in [1.82, 2.24) is 4.98 Å². The zero-order valence-corrected chi connectivity index (χ0v) is 16.9. The number of rotatable bonds is 7. The molecule has 2 N–H and O–H groups in total. The Morgan fingerprint density at radius 2 is 2.11 bits per heavy atom. The Bertz CT molecular complexity index is 944. The van der Waals surface area contributed by atoms with Crippen molar-refractivity contribution in [2.24, 2.45) is 5.10 Å². The lowest BCUT2D eigenvalue weighted by Crippen LogP contribution is -2.20. The van der Waals surface area contributed by atoms with Crippen LogP contribution in [-0.4, -0.2) is 23.7 Å². The first kappa shape index (κ1) is 19.1. The van der Waals surface area contributed by atoms with Gasteiger partial charge < -0.3 is 10.1 Å². The average Bonchev–Trinajstić information content (AvgIpc) is 3.07. The van der Waals surface area contributed by atoms with E-state index in [1.165, 1.54) is 11.3 Å². The zero-order chi connectivity index (χ0) is 19.1. The Balaban J connectivity index is 1.62. The Hall–Kier alpha value is -2.71. The van der Waals surface area contributed by atoms with Crippen LogP contribution in [0.15, 0.2) is 63.5 Å². The maximum Gasteiger partial charge on any atom is 0.262 e. The van der Waals surface area contributed by atoms with Crippen LogP contribution in [0.2, 0.25) is 0 Å². The first-order valence-electron chi connectivity index (χ1n) is 8.08. The topological polar surface area (TPSA) is 75.6 Å². The number of amides is 1. The highest BCUT2D eigenvalue weighted by molar-refractivity contribution is 9.10. The number of anilines is 2. The number of carbonyl (C=O) groups excluding carboxylic acids is 1. The summed E-state index contributed by atoms with van der Waals surface area (Å²) in [5.74, 6) is 0.325. The van der Waals surface area contributed by atoms with E-state index in [0.29, 0.717) is 10.9 Å². The summed E-state index contributed by atoms with van der Waals surface area (Å²) in [6.45, 7) is 1.82. The zero-order valence-electron chi connectivity index (χ0n) is 14.5. The van der Waals surface area contributed by atoms with Gasteiger partial charge >= 0.3 is 0 Å². The van der Waals surface area contributed by atoms with Crippen LogP contribution in [0.4, 0.5) is 10.8 Å². The van der Waals surface area contributed by atoms with E-state index < -0.39 is 0 Å². The molecular formula is C19H17BrN4O2S. The molecule has 6 nitrogen and oxygen atoms in total. The van der Waals surface area contributed by atoms with E-state index in [1.807, 2.05) is 54.8 Å². The van der Waals surface area contributed by atoms with Crippen molar-refractivity contribution in [3.05, 3.63) is 69.6 Å². The maximum absolute atomic E-state index is 12.1. The van der Waals surface area contributed by atoms with Gasteiger partial charge in [-0.1, -0.05) is 34.1 Å². The van der Waals surface area contributed by atoms with E-state index in [4.69, 9.17) is 4.74 Å². The van der Waals surface area contributed by atoms with Crippen LogP contribution in [0, 0.1) is 6.92 Å². The number of carbonyl (C=O) groups is 1. The number of aromatic nitrogens is 1. The van der Waals surface area contributed by atoms with E-state index >= 15 is 0 Å². The molecule has 0 aliphatic rings. The quantitative estimate of drug-likeness (QED) is 0.409. The smallest absolute Gasteiger partial charge is 0.262 e. The number of ether oxygens (including phenoxy) is 1. The molecule has 0 spiro atoms. The monoisotopic (exact) mass is 444 g/mol. The molecule has 0 atom stereocenters. The van der Waals surface area contributed by atoms with E-state index in [-0.39, 0.29) is 12.5 Å². The van der Waals surface area contributed by atoms with Crippen molar-refractivity contribution < 1.29 is 9.53 Å². The minimum atomic E-state index is -0.233. The van der Waals surface area contributed by atoms with Crippen molar-refractivity contribution in [2.45, 2.75) is 6.92 Å². The summed E-state index contributed by atoms with van der Waals surface area (Å²) < 4.78 is 6.55. The van der Waals surface area contributed by atoms with Crippen LogP contribution in [0.1, 0.15) is 11.3 Å². The molecule has 0 saturated carbocycles. The van der Waals surface area contributed by atoms with Crippen molar-refractivity contribution in [3.8, 4) is 5.75 Å². The number of thiazole rings is 1. The predicted octanol–water partition coefficient (Wildman–Crippen LogP) is 4.68. The molecule has 8 heteroatoms. The van der Waals surface area contributed by atoms with Gasteiger partial charge in [-0.05, 0) is 37.3 Å². The first-order chi connectivity index (χ1) is 13.1. The third kappa shape index (κ3) is 5.90. The van der Waals surface area contributed by atoms with Gasteiger partial charge in [0.2, 0.25) is 5.13 Å². The van der Waals surface area contributed by atoms with E-state index in [1.54, 1.807) is 12.3 Å². The molecule has 138 valence electrons. The highest BCUT2D eigenvalue weighted by Crippen LogP contribution is 2.22. The second-order valence-electron chi connectivity index (χ2n) is 5.55. The Kier molecular flexibility index (Phi) is 6.56. The molecule has 1 heterocycles. The molecule has 2 aromatic carbocycles. The summed E-state index contributed by atoms with van der Waals surface area (Å²) in [6.07, 6.45) is 1.63. The third-order valence-electron chi connectivity index (χ3n) is 3.37. The van der Waals surface area contributed by atoms with Gasteiger partial charge in [0, 0.05) is 21.1 Å². The predicted molar refractivity (Wildman–Crippen MR) is 113 cm³/mol. The van der Waals surface area contributed by atoms with E-state index in [9.17, 15) is 4.79 Å². The fourth-order valence-corrected chi connectivity index (χ4v) is 3.19. The van der Waals surface area contributed by atoms with Gasteiger partial charge in [0.1, 0.15) is 5.75 Å². The molecule has 1 aromatic heterocycles. The third-order valence-corrected chi connectivity index (χ3v) is 4.73. The molecule has 0 aliphatic heterocycles. The van der Waals surface area contributed by atoms with Crippen molar-refractivity contribution in [1.29, 1.82) is 0 Å². The van der Waals surface area contributed by atoms with Gasteiger partial charge in [-0.15, -0.1) is 11.3 Å². The lowest BCUT2D eigenvalue weighted by molar-refractivity contribution is -0.118. The number of hydrazone groups is 1. The Morgan fingerprint density at radius 1 is 1.30 bits per heavy atom. The summed E-state index contributed by atoms with van der Waals surface area (Å²) in [4.78, 5) is 16.3. The summed E-state index contributed by atoms with van der Waals surface area (Å²) in [7, 11) is 0. The number of nitrogens with zero attached hydrogens (tertiary/aromatic N) is 2. The van der Waals surface area contributed by atoms with Gasteiger partial charge in [-0.2, -0.15) is 5.10 Å². The molecule has 0 unspecified atom stereocenters. The SMILES string of the molecule is Cc1csc(NN=Cc2cc(Br)ccc2OCC(=O)Nc2ccccc2)n1. The molecule has 3 rings (SSSR count). The van der Waals surface area contributed by atoms with Crippen molar-refractivity contribution in [3.63, 3.8) is 0 Å². The number of benzene rings is 2. The highest BCUT2D eigenvalue weighted by Gasteiger charge is 2.07. The summed E-state index contributed by atoms with van der Waals surface area (Å²) in [5.41, 5.74) is 5.29. The van der Waals surface area contributed by atoms with Crippen LogP contribution < -0.4 is 15.5 Å². The molecule has 27 heavy (non-hydrogen) atoms. The summed E-state index contributed by atoms with van der Waals surface area (Å²) in [5, 5.41) is 9.63. The number of halogens is 1. The molecule has 0 bridgehead atoms. The number of nitrogens with one attached hydrogen (secondary N) is 2. The fourth-order valence-electron chi connectivity index (χ4n) is 2.18. The number of aryl methyl sites for hydroxylation is 1. The Labute approximate surface area is 169 Å². The molecule has 0 aliphatic carbocycles. The minimum Gasteiger partial charge on any atom is -0.483 e. The molecule has 1 amide bonds. The standard InChI is InChI=1S/C19H17BrN4O2S/c1-13-12-27-19(22-13)24-21-10-14-9-15(20)7-8-17(14)26-11-18(25)23-16-5-3-2-4-6-16/h2-10,12H,11H2,1H3,(H,22,24)(H,23,25). The number of hydrogen-bond acceptors (Lipinski definition) is 6. The van der Waals surface area contributed by atoms with Crippen molar-refractivity contribution >= 4 is 50.2 Å². The first-order valence-corrected chi connectivity index (χ1v) is 9.76. The van der Waals surface area contributed by atoms with Crippen LogP contribution in [0.5, 0.6) is 5.75 Å². The van der Waals surface area contributed by atoms with E-state index in [0.717, 1.165) is 21.4 Å². The maximum atomic E-state index is 12.1. The normalized spacial score (nSPS) is 10.7. The molecule has 0 saturated heterocycles. The largest absolute Gasteiger partial charge is 0.483 e.